The average molecular weight is 390 g/mol. The first-order valence-electron chi connectivity index (χ1n) is 6.05. The molecule has 1 atom stereocenters. The van der Waals surface area contributed by atoms with Gasteiger partial charge in [0.15, 0.2) is 0 Å². The van der Waals surface area contributed by atoms with Gasteiger partial charge in [-0.2, -0.15) is 39.5 Å². The van der Waals surface area contributed by atoms with Crippen molar-refractivity contribution in [1.82, 2.24) is 0 Å². The molecule has 0 aliphatic heterocycles. The van der Waals surface area contributed by atoms with Crippen LogP contribution in [0.25, 0.3) is 0 Å². The first-order chi connectivity index (χ1) is 11.1. The Labute approximate surface area is 132 Å². The summed E-state index contributed by atoms with van der Waals surface area (Å²) in [5, 5.41) is 8.70. The van der Waals surface area contributed by atoms with Gasteiger partial charge >= 0.3 is 30.7 Å². The first kappa shape index (κ1) is 21.3. The topological polar surface area (TPSA) is 38.7 Å². The van der Waals surface area contributed by atoms with Crippen molar-refractivity contribution in [3.8, 4) is 5.75 Å². The molecule has 144 valence electrons. The van der Waals surface area contributed by atoms with Gasteiger partial charge in [0.2, 0.25) is 0 Å². The summed E-state index contributed by atoms with van der Waals surface area (Å²) in [4.78, 5) is 0. The summed E-state index contributed by atoms with van der Waals surface area (Å²) in [7, 11) is 0. The first-order valence-corrected chi connectivity index (χ1v) is 6.05. The Hall–Kier alpha value is -1.76. The molecule has 0 radical (unpaired) electrons. The summed E-state index contributed by atoms with van der Waals surface area (Å²) < 4.78 is 132. The van der Waals surface area contributed by atoms with E-state index in [0.717, 1.165) is 24.3 Å². The van der Waals surface area contributed by atoms with Crippen LogP contribution in [-0.4, -0.2) is 35.8 Å². The second-order valence-corrected chi connectivity index (χ2v) is 4.49. The highest BCUT2D eigenvalue weighted by atomic mass is 19.4. The Morgan fingerprint density at radius 2 is 1.36 bits per heavy atom. The van der Waals surface area contributed by atoms with Crippen molar-refractivity contribution in [3.05, 3.63) is 29.8 Å². The highest BCUT2D eigenvalue weighted by Crippen LogP contribution is 2.48. The Bertz CT molecular complexity index is 569. The number of hydrogen-bond acceptors (Lipinski definition) is 3. The molecule has 0 aromatic heterocycles. The molecule has 1 aromatic carbocycles. The lowest BCUT2D eigenvalue weighted by molar-refractivity contribution is -0.460. The third-order valence-corrected chi connectivity index (χ3v) is 2.60. The van der Waals surface area contributed by atoms with E-state index in [1.54, 1.807) is 0 Å². The van der Waals surface area contributed by atoms with Crippen LogP contribution in [0.1, 0.15) is 5.56 Å². The van der Waals surface area contributed by atoms with Gasteiger partial charge in [0.05, 0.1) is 6.61 Å². The van der Waals surface area contributed by atoms with Crippen LogP contribution < -0.4 is 4.74 Å². The van der Waals surface area contributed by atoms with E-state index in [0.29, 0.717) is 0 Å². The zero-order valence-electron chi connectivity index (χ0n) is 11.6. The number of halogens is 10. The fourth-order valence-electron chi connectivity index (χ4n) is 1.30. The van der Waals surface area contributed by atoms with Gasteiger partial charge < -0.3 is 9.84 Å². The van der Waals surface area contributed by atoms with E-state index in [4.69, 9.17) is 5.11 Å². The third kappa shape index (κ3) is 4.66. The molecule has 0 heterocycles. The maximum atomic E-state index is 13.3. The Kier molecular flexibility index (Phi) is 5.84. The quantitative estimate of drug-likeness (QED) is 0.708. The molecule has 1 rings (SSSR count). The van der Waals surface area contributed by atoms with E-state index in [-0.39, 0.29) is 5.56 Å². The SMILES string of the molecule is OCc1ccc(OC(F)(F)C(F)OC(F)(F)C(F)(F)C(F)(F)F)cc1. The summed E-state index contributed by atoms with van der Waals surface area (Å²) in [6.07, 6.45) is -23.5. The molecule has 13 heteroatoms. The molecule has 0 aliphatic carbocycles. The van der Waals surface area contributed by atoms with Gasteiger partial charge in [0.25, 0.3) is 0 Å². The molecule has 0 aliphatic rings. The van der Waals surface area contributed by atoms with Crippen molar-refractivity contribution in [3.63, 3.8) is 0 Å². The van der Waals surface area contributed by atoms with Gasteiger partial charge in [-0.25, -0.2) is 4.39 Å². The predicted molar refractivity (Wildman–Crippen MR) is 59.9 cm³/mol. The van der Waals surface area contributed by atoms with Gasteiger partial charge in [0, 0.05) is 0 Å². The lowest BCUT2D eigenvalue weighted by atomic mass is 10.2. The van der Waals surface area contributed by atoms with Gasteiger partial charge in [-0.3, -0.25) is 4.74 Å². The number of benzene rings is 1. The molecule has 0 saturated carbocycles. The minimum Gasteiger partial charge on any atom is -0.429 e. The van der Waals surface area contributed by atoms with Crippen LogP contribution in [0.2, 0.25) is 0 Å². The van der Waals surface area contributed by atoms with E-state index in [1.165, 1.54) is 0 Å². The average Bonchev–Trinajstić information content (AvgIpc) is 2.45. The molecule has 1 N–H and O–H groups in total. The van der Waals surface area contributed by atoms with Crippen LogP contribution in [0.15, 0.2) is 24.3 Å². The predicted octanol–water partition coefficient (Wildman–Crippen LogP) is 4.25. The van der Waals surface area contributed by atoms with Crippen LogP contribution in [-0.2, 0) is 11.3 Å². The Balaban J connectivity index is 2.90. The van der Waals surface area contributed by atoms with Crippen molar-refractivity contribution in [2.75, 3.05) is 0 Å². The Morgan fingerprint density at radius 3 is 1.76 bits per heavy atom. The fourth-order valence-corrected chi connectivity index (χ4v) is 1.30. The summed E-state index contributed by atoms with van der Waals surface area (Å²) in [5.74, 6) is -7.79. The van der Waals surface area contributed by atoms with Crippen LogP contribution in [0.5, 0.6) is 5.75 Å². The van der Waals surface area contributed by atoms with Crippen LogP contribution in [0.3, 0.4) is 0 Å². The number of aliphatic hydroxyl groups excluding tert-OH is 1. The number of alkyl halides is 10. The molecule has 1 unspecified atom stereocenters. The summed E-state index contributed by atoms with van der Waals surface area (Å²) >= 11 is 0. The fraction of sp³-hybridized carbons (Fsp3) is 0.500. The van der Waals surface area contributed by atoms with Gasteiger partial charge in [-0.05, 0) is 17.7 Å². The summed E-state index contributed by atoms with van der Waals surface area (Å²) in [6, 6.07) is 3.47. The second kappa shape index (κ2) is 6.86. The smallest absolute Gasteiger partial charge is 0.429 e. The van der Waals surface area contributed by atoms with E-state index in [2.05, 4.69) is 9.47 Å². The third-order valence-electron chi connectivity index (χ3n) is 2.60. The van der Waals surface area contributed by atoms with Gasteiger partial charge in [-0.1, -0.05) is 12.1 Å². The Morgan fingerprint density at radius 1 is 0.880 bits per heavy atom. The van der Waals surface area contributed by atoms with E-state index < -0.39 is 43.0 Å². The number of ether oxygens (including phenoxy) is 2. The maximum absolute atomic E-state index is 13.3. The largest absolute Gasteiger partial charge is 0.462 e. The molecular formula is C12H8F10O3. The number of aliphatic hydroxyl groups is 1. The zero-order valence-corrected chi connectivity index (χ0v) is 11.6. The highest BCUT2D eigenvalue weighted by Gasteiger charge is 2.76. The molecular weight excluding hydrogens is 382 g/mol. The van der Waals surface area contributed by atoms with E-state index >= 15 is 0 Å². The van der Waals surface area contributed by atoms with Crippen molar-refractivity contribution >= 4 is 0 Å². The van der Waals surface area contributed by atoms with E-state index in [9.17, 15) is 43.9 Å². The van der Waals surface area contributed by atoms with Gasteiger partial charge in [-0.15, -0.1) is 0 Å². The molecule has 0 saturated heterocycles. The summed E-state index contributed by atoms with van der Waals surface area (Å²) in [5.41, 5.74) is 0.195. The minimum atomic E-state index is -6.93. The monoisotopic (exact) mass is 390 g/mol. The van der Waals surface area contributed by atoms with Crippen molar-refractivity contribution in [2.24, 2.45) is 0 Å². The molecule has 3 nitrogen and oxygen atoms in total. The lowest BCUT2D eigenvalue weighted by Gasteiger charge is -2.30. The maximum Gasteiger partial charge on any atom is 0.462 e. The number of hydrogen-bond donors (Lipinski definition) is 1. The van der Waals surface area contributed by atoms with Crippen molar-refractivity contribution < 1.29 is 58.5 Å². The van der Waals surface area contributed by atoms with Crippen molar-refractivity contribution in [2.45, 2.75) is 37.3 Å². The van der Waals surface area contributed by atoms with E-state index in [1.807, 2.05) is 0 Å². The molecule has 1 aromatic rings. The molecule has 25 heavy (non-hydrogen) atoms. The number of rotatable bonds is 7. The van der Waals surface area contributed by atoms with Crippen molar-refractivity contribution in [1.29, 1.82) is 0 Å². The molecule has 0 bridgehead atoms. The second-order valence-electron chi connectivity index (χ2n) is 4.49. The lowest BCUT2D eigenvalue weighted by Crippen LogP contribution is -2.56. The summed E-state index contributed by atoms with van der Waals surface area (Å²) in [6.45, 7) is -0.510. The molecule has 0 fully saturated rings. The molecule has 0 amide bonds. The molecule has 0 spiro atoms. The van der Waals surface area contributed by atoms with Crippen LogP contribution >= 0.6 is 0 Å². The normalized spacial score (nSPS) is 15.2. The van der Waals surface area contributed by atoms with Crippen LogP contribution in [0, 0.1) is 0 Å². The highest BCUT2D eigenvalue weighted by molar-refractivity contribution is 5.27. The zero-order chi connectivity index (χ0) is 19.7. The van der Waals surface area contributed by atoms with Crippen LogP contribution in [0.4, 0.5) is 43.9 Å². The van der Waals surface area contributed by atoms with Gasteiger partial charge in [0.1, 0.15) is 5.75 Å². The standard InChI is InChI=1S/C12H8F10O3/c13-8(25-12(21,22)10(16,17)11(18,19)20)9(14,15)24-7-3-1-6(5-23)2-4-7/h1-4,8,23H,5H2. The minimum absolute atomic E-state index is 0.195.